The van der Waals surface area contributed by atoms with E-state index in [1.54, 1.807) is 13.3 Å². The number of pyridine rings is 2. The summed E-state index contributed by atoms with van der Waals surface area (Å²) in [7, 11) is -4.39. The number of ketones is 1. The summed E-state index contributed by atoms with van der Waals surface area (Å²) in [5.41, 5.74) is 3.15. The molecular formula is C24H22F2N3O5P. The lowest BCUT2D eigenvalue weighted by Gasteiger charge is -2.17. The van der Waals surface area contributed by atoms with E-state index in [-0.39, 0.29) is 17.3 Å². The Morgan fingerprint density at radius 1 is 1.14 bits per heavy atom. The van der Waals surface area contributed by atoms with E-state index in [2.05, 4.69) is 9.97 Å². The third-order valence-corrected chi connectivity index (χ3v) is 6.79. The summed E-state index contributed by atoms with van der Waals surface area (Å²) < 4.78 is 44.1. The van der Waals surface area contributed by atoms with Crippen molar-refractivity contribution in [3.63, 3.8) is 0 Å². The number of nitrogen functional groups attached to an aromatic ring is 1. The Hall–Kier alpha value is -3.46. The molecule has 2 aromatic heterocycles. The van der Waals surface area contributed by atoms with Crippen molar-refractivity contribution in [2.45, 2.75) is 24.9 Å². The Morgan fingerprint density at radius 3 is 2.46 bits per heavy atom. The van der Waals surface area contributed by atoms with Gasteiger partial charge in [0.1, 0.15) is 11.3 Å². The zero-order chi connectivity index (χ0) is 25.5. The van der Waals surface area contributed by atoms with Gasteiger partial charge in [-0.3, -0.25) is 14.3 Å². The third kappa shape index (κ3) is 4.60. The monoisotopic (exact) mass is 501 g/mol. The fraction of sp³-hybridized carbons (Fsp3) is 0.208. The van der Waals surface area contributed by atoms with E-state index in [4.69, 9.17) is 20.3 Å². The highest BCUT2D eigenvalue weighted by atomic mass is 31.2. The molecule has 0 radical (unpaired) electrons. The van der Waals surface area contributed by atoms with Gasteiger partial charge in [-0.15, -0.1) is 0 Å². The number of rotatable bonds is 7. The molecule has 4 N–H and O–H groups in total. The van der Waals surface area contributed by atoms with Crippen molar-refractivity contribution in [3.8, 4) is 5.75 Å². The number of aromatic nitrogens is 2. The maximum atomic E-state index is 13.9. The average Bonchev–Trinajstić information content (AvgIpc) is 2.82. The molecule has 4 rings (SSSR count). The van der Waals surface area contributed by atoms with Gasteiger partial charge in [0.05, 0.1) is 12.6 Å². The van der Waals surface area contributed by atoms with Gasteiger partial charge in [0, 0.05) is 22.5 Å². The molecule has 0 bridgehead atoms. The topological polar surface area (TPSA) is 136 Å². The number of methoxy groups -OCH3 is 1. The van der Waals surface area contributed by atoms with Crippen LogP contribution in [0.1, 0.15) is 34.3 Å². The smallest absolute Gasteiger partial charge is 0.407 e. The Morgan fingerprint density at radius 2 is 1.83 bits per heavy atom. The second kappa shape index (κ2) is 8.96. The minimum Gasteiger partial charge on any atom is -0.497 e. The van der Waals surface area contributed by atoms with Crippen LogP contribution in [-0.4, -0.2) is 38.3 Å². The lowest BCUT2D eigenvalue weighted by atomic mass is 9.93. The van der Waals surface area contributed by atoms with E-state index in [1.165, 1.54) is 6.07 Å². The first-order valence-electron chi connectivity index (χ1n) is 10.5. The molecule has 1 atom stereocenters. The first-order valence-corrected chi connectivity index (χ1v) is 12.1. The van der Waals surface area contributed by atoms with E-state index in [0.717, 1.165) is 35.4 Å². The van der Waals surface area contributed by atoms with Gasteiger partial charge in [-0.2, -0.15) is 8.78 Å². The molecule has 0 amide bonds. The molecule has 2 aromatic carbocycles. The van der Waals surface area contributed by atoms with Crippen LogP contribution in [0.5, 0.6) is 5.75 Å². The molecular weight excluding hydrogens is 479 g/mol. The van der Waals surface area contributed by atoms with Crippen molar-refractivity contribution in [2.24, 2.45) is 0 Å². The fourth-order valence-corrected chi connectivity index (χ4v) is 4.27. The first-order chi connectivity index (χ1) is 16.4. The number of Topliss-reactive ketones (excluding diaryl/α,β-unsaturated/α-hetero) is 1. The van der Waals surface area contributed by atoms with Gasteiger partial charge < -0.3 is 20.3 Å². The highest BCUT2D eigenvalue weighted by molar-refractivity contribution is 7.54. The number of alkyl halides is 2. The van der Waals surface area contributed by atoms with E-state index < -0.39 is 24.6 Å². The molecule has 0 aliphatic heterocycles. The van der Waals surface area contributed by atoms with Gasteiger partial charge in [0.15, 0.2) is 5.82 Å². The summed E-state index contributed by atoms with van der Waals surface area (Å²) in [6.07, 6.45) is 2.44. The summed E-state index contributed by atoms with van der Waals surface area (Å²) in [6, 6.07) is 13.1. The predicted molar refractivity (Wildman–Crippen MR) is 128 cm³/mol. The van der Waals surface area contributed by atoms with Crippen molar-refractivity contribution in [2.75, 3.05) is 12.8 Å². The standard InChI is InChI=1S/C24H22F2N3O5P/c1-13(9-14-3-6-17(34-2)7-4-14)16-10-19-18-8-5-15(22(30)24(25,26)35(31,32)33)11-20(18)29-23(27)21(19)28-12-16/h3-8,10-13H,9H2,1-2H3,(H2,27,29)(H2,31,32,33). The van der Waals surface area contributed by atoms with Gasteiger partial charge in [0.25, 0.3) is 0 Å². The Labute approximate surface area is 198 Å². The first kappa shape index (κ1) is 24.7. The number of nitrogens with zero attached hydrogens (tertiary/aromatic N) is 2. The number of hydrogen-bond acceptors (Lipinski definition) is 6. The Bertz CT molecular complexity index is 1490. The molecule has 0 aliphatic carbocycles. The summed E-state index contributed by atoms with van der Waals surface area (Å²) in [5, 5.41) is 1.13. The van der Waals surface area contributed by atoms with Crippen molar-refractivity contribution < 1.29 is 32.7 Å². The normalized spacial score (nSPS) is 13.2. The molecule has 0 saturated carbocycles. The van der Waals surface area contributed by atoms with E-state index in [9.17, 15) is 18.1 Å². The van der Waals surface area contributed by atoms with E-state index in [1.807, 2.05) is 37.3 Å². The number of carbonyl (C=O) groups is 1. The molecule has 11 heteroatoms. The van der Waals surface area contributed by atoms with Crippen LogP contribution in [0, 0.1) is 0 Å². The van der Waals surface area contributed by atoms with Crippen LogP contribution in [-0.2, 0) is 11.0 Å². The number of carbonyl (C=O) groups excluding carboxylic acids is 1. The second-order valence-corrected chi connectivity index (χ2v) is 9.91. The fourth-order valence-electron chi connectivity index (χ4n) is 3.87. The van der Waals surface area contributed by atoms with Crippen LogP contribution >= 0.6 is 7.60 Å². The highest BCUT2D eigenvalue weighted by Crippen LogP contribution is 2.54. The molecule has 182 valence electrons. The zero-order valence-corrected chi connectivity index (χ0v) is 19.7. The van der Waals surface area contributed by atoms with Gasteiger partial charge in [-0.05, 0) is 47.7 Å². The van der Waals surface area contributed by atoms with Crippen LogP contribution in [0.15, 0.2) is 54.7 Å². The number of benzene rings is 2. The van der Waals surface area contributed by atoms with Gasteiger partial charge in [-0.1, -0.05) is 31.2 Å². The molecule has 35 heavy (non-hydrogen) atoms. The third-order valence-electron chi connectivity index (χ3n) is 5.85. The minimum atomic E-state index is -6.00. The maximum absolute atomic E-state index is 13.9. The van der Waals surface area contributed by atoms with Crippen LogP contribution in [0.25, 0.3) is 21.8 Å². The van der Waals surface area contributed by atoms with E-state index >= 15 is 0 Å². The highest BCUT2D eigenvalue weighted by Gasteiger charge is 2.55. The van der Waals surface area contributed by atoms with Crippen molar-refractivity contribution in [3.05, 3.63) is 71.4 Å². The van der Waals surface area contributed by atoms with Crippen molar-refractivity contribution >= 4 is 41.0 Å². The molecule has 8 nitrogen and oxygen atoms in total. The number of anilines is 1. The predicted octanol–water partition coefficient (Wildman–Crippen LogP) is 4.67. The summed E-state index contributed by atoms with van der Waals surface area (Å²) in [4.78, 5) is 38.5. The molecule has 0 aliphatic rings. The second-order valence-electron chi connectivity index (χ2n) is 8.26. The summed E-state index contributed by atoms with van der Waals surface area (Å²) >= 11 is 0. The lowest BCUT2D eigenvalue weighted by Crippen LogP contribution is -2.28. The van der Waals surface area contributed by atoms with Gasteiger partial charge in [0.2, 0.25) is 5.78 Å². The Balaban J connectivity index is 1.74. The van der Waals surface area contributed by atoms with Gasteiger partial charge >= 0.3 is 13.3 Å². The van der Waals surface area contributed by atoms with Crippen LogP contribution in [0.2, 0.25) is 0 Å². The minimum absolute atomic E-state index is 0.0354. The summed E-state index contributed by atoms with van der Waals surface area (Å²) in [6.45, 7) is 2.04. The maximum Gasteiger partial charge on any atom is 0.407 e. The Kier molecular flexibility index (Phi) is 6.31. The molecule has 0 spiro atoms. The van der Waals surface area contributed by atoms with Crippen LogP contribution < -0.4 is 10.5 Å². The van der Waals surface area contributed by atoms with Crippen LogP contribution in [0.4, 0.5) is 14.6 Å². The van der Waals surface area contributed by atoms with E-state index in [0.29, 0.717) is 16.3 Å². The van der Waals surface area contributed by atoms with Gasteiger partial charge in [-0.25, -0.2) is 4.98 Å². The molecule has 0 fully saturated rings. The van der Waals surface area contributed by atoms with Crippen molar-refractivity contribution in [1.82, 2.24) is 9.97 Å². The largest absolute Gasteiger partial charge is 0.497 e. The number of hydrogen-bond donors (Lipinski definition) is 3. The SMILES string of the molecule is COc1ccc(CC(C)c2cnc3c(N)nc4cc(C(=O)C(F)(F)P(=O)(O)O)ccc4c3c2)cc1. The molecule has 0 saturated heterocycles. The molecule has 1 unspecified atom stereocenters. The zero-order valence-electron chi connectivity index (χ0n) is 18.8. The molecule has 2 heterocycles. The number of nitrogens with two attached hydrogens (primary N) is 1. The number of ether oxygens (including phenoxy) is 1. The van der Waals surface area contributed by atoms with Crippen LogP contribution in [0.3, 0.4) is 0 Å². The average molecular weight is 501 g/mol. The molecule has 4 aromatic rings. The number of halogens is 2. The quantitative estimate of drug-likeness (QED) is 0.189. The summed E-state index contributed by atoms with van der Waals surface area (Å²) in [5.74, 6) is -1.12. The lowest BCUT2D eigenvalue weighted by molar-refractivity contribution is 0.0411. The number of fused-ring (bicyclic) bond motifs is 3. The van der Waals surface area contributed by atoms with Crippen molar-refractivity contribution in [1.29, 1.82) is 0 Å².